The molecular weight excluding hydrogens is 420 g/mol. The van der Waals surface area contributed by atoms with Crippen molar-refractivity contribution in [2.45, 2.75) is 6.54 Å². The monoisotopic (exact) mass is 438 g/mol. The van der Waals surface area contributed by atoms with Gasteiger partial charge >= 0.3 is 0 Å². The van der Waals surface area contributed by atoms with Gasteiger partial charge in [-0.3, -0.25) is 4.68 Å². The van der Waals surface area contributed by atoms with Crippen molar-refractivity contribution in [2.24, 2.45) is 0 Å². The molecule has 2 heterocycles. The van der Waals surface area contributed by atoms with Crippen LogP contribution in [0.4, 0.5) is 5.95 Å². The van der Waals surface area contributed by atoms with Gasteiger partial charge in [-0.1, -0.05) is 33.3 Å². The lowest BCUT2D eigenvalue weighted by atomic mass is 10.2. The van der Waals surface area contributed by atoms with Crippen LogP contribution in [0, 0.1) is 0 Å². The van der Waals surface area contributed by atoms with Gasteiger partial charge in [0.15, 0.2) is 0 Å². The van der Waals surface area contributed by atoms with Crippen LogP contribution < -0.4 is 10.1 Å². The highest BCUT2D eigenvalue weighted by Crippen LogP contribution is 2.21. The topological polar surface area (TPSA) is 80.6 Å². The first-order valence-electron chi connectivity index (χ1n) is 8.80. The van der Waals surface area contributed by atoms with Crippen molar-refractivity contribution >= 4 is 21.9 Å². The molecule has 0 amide bonds. The minimum atomic E-state index is 0.678. The Morgan fingerprint density at radius 2 is 1.82 bits per heavy atom. The van der Waals surface area contributed by atoms with E-state index in [4.69, 9.17) is 4.74 Å². The van der Waals surface area contributed by atoms with Crippen LogP contribution in [0.25, 0.3) is 22.5 Å². The molecule has 0 saturated carbocycles. The number of ether oxygens (including phenoxy) is 1. The molecular formula is C20H19BrN6O. The average Bonchev–Trinajstić information content (AvgIpc) is 3.39. The molecule has 2 aromatic carbocycles. The molecule has 142 valence electrons. The van der Waals surface area contributed by atoms with Crippen molar-refractivity contribution in [3.05, 3.63) is 65.4 Å². The van der Waals surface area contributed by atoms with Crippen LogP contribution in [0.3, 0.4) is 0 Å². The lowest BCUT2D eigenvalue weighted by molar-refractivity contribution is 0.415. The fourth-order valence-corrected chi connectivity index (χ4v) is 3.04. The summed E-state index contributed by atoms with van der Waals surface area (Å²) in [5.74, 6) is 1.55. The van der Waals surface area contributed by atoms with E-state index in [-0.39, 0.29) is 0 Å². The van der Waals surface area contributed by atoms with E-state index in [2.05, 4.69) is 41.5 Å². The molecule has 0 aliphatic carbocycles. The van der Waals surface area contributed by atoms with E-state index in [0.717, 1.165) is 38.7 Å². The van der Waals surface area contributed by atoms with Gasteiger partial charge < -0.3 is 15.0 Å². The molecule has 4 rings (SSSR count). The van der Waals surface area contributed by atoms with Crippen LogP contribution in [0.2, 0.25) is 0 Å². The summed E-state index contributed by atoms with van der Waals surface area (Å²) in [5.41, 5.74) is 3.89. The summed E-state index contributed by atoms with van der Waals surface area (Å²) in [7, 11) is 1.65. The van der Waals surface area contributed by atoms with E-state index >= 15 is 0 Å². The van der Waals surface area contributed by atoms with E-state index in [1.807, 2.05) is 65.6 Å². The van der Waals surface area contributed by atoms with Crippen molar-refractivity contribution in [2.75, 3.05) is 19.0 Å². The van der Waals surface area contributed by atoms with Gasteiger partial charge in [0.05, 0.1) is 31.7 Å². The van der Waals surface area contributed by atoms with Crippen molar-refractivity contribution in [1.82, 2.24) is 25.0 Å². The second-order valence-corrected chi connectivity index (χ2v) is 7.09. The zero-order valence-electron chi connectivity index (χ0n) is 15.3. The molecule has 0 unspecified atom stereocenters. The van der Waals surface area contributed by atoms with E-state index in [1.54, 1.807) is 7.11 Å². The van der Waals surface area contributed by atoms with E-state index in [9.17, 15) is 0 Å². The summed E-state index contributed by atoms with van der Waals surface area (Å²) in [6, 6.07) is 15.9. The molecule has 0 atom stereocenters. The van der Waals surface area contributed by atoms with Gasteiger partial charge in [0.25, 0.3) is 0 Å². The fraction of sp³-hybridized carbons (Fsp3) is 0.150. The molecule has 8 heteroatoms. The maximum atomic E-state index is 5.18. The molecule has 0 spiro atoms. The highest BCUT2D eigenvalue weighted by molar-refractivity contribution is 9.10. The second kappa shape index (κ2) is 8.26. The maximum Gasteiger partial charge on any atom is 0.200 e. The zero-order chi connectivity index (χ0) is 19.3. The molecule has 0 radical (unpaired) electrons. The molecule has 2 aromatic heterocycles. The summed E-state index contributed by atoms with van der Waals surface area (Å²) in [6.07, 6.45) is 3.75. The zero-order valence-corrected chi connectivity index (χ0v) is 16.8. The average molecular weight is 439 g/mol. The number of nitrogens with zero attached hydrogens (tertiary/aromatic N) is 4. The number of methoxy groups -OCH3 is 1. The quantitative estimate of drug-likeness (QED) is 0.451. The van der Waals surface area contributed by atoms with Gasteiger partial charge in [-0.05, 0) is 42.0 Å². The SMILES string of the molecule is COc1ccc(-c2cn(CCNc3ncc(-c4ccc(Br)cc4)[nH]3)nn2)cc1. The Hall–Kier alpha value is -3.13. The number of aromatic nitrogens is 5. The number of imidazole rings is 1. The second-order valence-electron chi connectivity index (χ2n) is 6.17. The molecule has 2 N–H and O–H groups in total. The number of anilines is 1. The fourth-order valence-electron chi connectivity index (χ4n) is 2.78. The number of H-pyrrole nitrogens is 1. The number of hydrogen-bond donors (Lipinski definition) is 2. The third kappa shape index (κ3) is 4.23. The minimum absolute atomic E-state index is 0.678. The Morgan fingerprint density at radius 1 is 1.07 bits per heavy atom. The van der Waals surface area contributed by atoms with Gasteiger partial charge in [-0.25, -0.2) is 4.98 Å². The molecule has 28 heavy (non-hydrogen) atoms. The largest absolute Gasteiger partial charge is 0.497 e. The lowest BCUT2D eigenvalue weighted by Crippen LogP contribution is -2.11. The Bertz CT molecular complexity index is 1040. The summed E-state index contributed by atoms with van der Waals surface area (Å²) in [6.45, 7) is 1.36. The van der Waals surface area contributed by atoms with Crippen LogP contribution in [0.1, 0.15) is 0 Å². The van der Waals surface area contributed by atoms with Gasteiger partial charge in [0.1, 0.15) is 11.4 Å². The van der Waals surface area contributed by atoms with Crippen molar-refractivity contribution in [3.63, 3.8) is 0 Å². The van der Waals surface area contributed by atoms with Gasteiger partial charge in [-0.2, -0.15) is 0 Å². The van der Waals surface area contributed by atoms with Gasteiger partial charge in [-0.15, -0.1) is 5.10 Å². The normalized spacial score (nSPS) is 10.8. The molecule has 0 saturated heterocycles. The van der Waals surface area contributed by atoms with Crippen LogP contribution in [-0.4, -0.2) is 38.6 Å². The number of halogens is 1. The van der Waals surface area contributed by atoms with E-state index in [1.165, 1.54) is 0 Å². The molecule has 0 aliphatic rings. The number of aromatic amines is 1. The van der Waals surface area contributed by atoms with Crippen molar-refractivity contribution in [1.29, 1.82) is 0 Å². The first kappa shape index (κ1) is 18.2. The van der Waals surface area contributed by atoms with Gasteiger partial charge in [0.2, 0.25) is 5.95 Å². The van der Waals surface area contributed by atoms with Crippen molar-refractivity contribution < 1.29 is 4.74 Å². The summed E-state index contributed by atoms with van der Waals surface area (Å²) in [4.78, 5) is 7.66. The number of nitrogens with one attached hydrogen (secondary N) is 2. The van der Waals surface area contributed by atoms with Gasteiger partial charge in [0, 0.05) is 16.6 Å². The maximum absolute atomic E-state index is 5.18. The molecule has 0 fully saturated rings. The van der Waals surface area contributed by atoms with E-state index < -0.39 is 0 Å². The summed E-state index contributed by atoms with van der Waals surface area (Å²) in [5, 5.41) is 11.7. The molecule has 7 nitrogen and oxygen atoms in total. The summed E-state index contributed by atoms with van der Waals surface area (Å²) < 4.78 is 8.04. The number of rotatable bonds is 7. The Balaban J connectivity index is 1.33. The predicted octanol–water partition coefficient (Wildman–Crippen LogP) is 4.22. The summed E-state index contributed by atoms with van der Waals surface area (Å²) >= 11 is 3.45. The first-order valence-corrected chi connectivity index (χ1v) is 9.60. The van der Waals surface area contributed by atoms with Crippen LogP contribution >= 0.6 is 15.9 Å². The lowest BCUT2D eigenvalue weighted by Gasteiger charge is -2.03. The molecule has 0 aliphatic heterocycles. The molecule has 0 bridgehead atoms. The Morgan fingerprint density at radius 3 is 2.57 bits per heavy atom. The smallest absolute Gasteiger partial charge is 0.200 e. The number of hydrogen-bond acceptors (Lipinski definition) is 5. The Labute approximate surface area is 170 Å². The van der Waals surface area contributed by atoms with Crippen LogP contribution in [0.15, 0.2) is 65.4 Å². The highest BCUT2D eigenvalue weighted by atomic mass is 79.9. The third-order valence-electron chi connectivity index (χ3n) is 4.29. The first-order chi connectivity index (χ1) is 13.7. The van der Waals surface area contributed by atoms with Crippen molar-refractivity contribution in [3.8, 4) is 28.3 Å². The van der Waals surface area contributed by atoms with Crippen LogP contribution in [-0.2, 0) is 6.54 Å². The van der Waals surface area contributed by atoms with E-state index in [0.29, 0.717) is 13.1 Å². The van der Waals surface area contributed by atoms with Crippen LogP contribution in [0.5, 0.6) is 5.75 Å². The highest BCUT2D eigenvalue weighted by Gasteiger charge is 2.06. The number of benzene rings is 2. The standard InChI is InChI=1S/C20H19BrN6O/c1-28-17-8-4-15(5-9-17)19-13-27(26-25-19)11-10-22-20-23-12-18(24-20)14-2-6-16(21)7-3-14/h2-9,12-13H,10-11H2,1H3,(H2,22,23,24). The third-order valence-corrected chi connectivity index (χ3v) is 4.82. The minimum Gasteiger partial charge on any atom is -0.497 e. The Kier molecular flexibility index (Phi) is 5.38. The molecule has 4 aromatic rings. The predicted molar refractivity (Wildman–Crippen MR) is 112 cm³/mol.